The van der Waals surface area contributed by atoms with Gasteiger partial charge < -0.3 is 10.6 Å². The van der Waals surface area contributed by atoms with Crippen molar-refractivity contribution in [1.82, 2.24) is 0 Å². The SMILES string of the molecule is O=C(CNc1cccc(I)c1)Nc1c(Cl)cccc1Cl. The van der Waals surface area contributed by atoms with E-state index in [1.54, 1.807) is 18.2 Å². The molecule has 2 aromatic carbocycles. The zero-order valence-electron chi connectivity index (χ0n) is 10.3. The van der Waals surface area contributed by atoms with E-state index in [1.165, 1.54) is 0 Å². The number of halogens is 3. The number of hydrogen-bond donors (Lipinski definition) is 2. The van der Waals surface area contributed by atoms with Gasteiger partial charge in [0.25, 0.3) is 0 Å². The van der Waals surface area contributed by atoms with Gasteiger partial charge in [-0.25, -0.2) is 0 Å². The van der Waals surface area contributed by atoms with Crippen LogP contribution in [0.5, 0.6) is 0 Å². The molecule has 0 spiro atoms. The number of benzene rings is 2. The molecule has 2 N–H and O–H groups in total. The molecule has 0 aliphatic heterocycles. The number of rotatable bonds is 4. The van der Waals surface area contributed by atoms with Crippen LogP contribution in [0.3, 0.4) is 0 Å². The van der Waals surface area contributed by atoms with Crippen molar-refractivity contribution >= 4 is 63.1 Å². The second kappa shape index (κ2) is 7.15. The van der Waals surface area contributed by atoms with Crippen LogP contribution in [0, 0.1) is 3.57 Å². The lowest BCUT2D eigenvalue weighted by molar-refractivity contribution is -0.114. The number of carbonyl (C=O) groups is 1. The van der Waals surface area contributed by atoms with Gasteiger partial charge in [0.1, 0.15) is 0 Å². The van der Waals surface area contributed by atoms with E-state index in [0.29, 0.717) is 15.7 Å². The Morgan fingerprint density at radius 1 is 1.10 bits per heavy atom. The van der Waals surface area contributed by atoms with Crippen LogP contribution in [-0.4, -0.2) is 12.5 Å². The number of anilines is 2. The van der Waals surface area contributed by atoms with Crippen LogP contribution in [0.25, 0.3) is 0 Å². The first-order valence-electron chi connectivity index (χ1n) is 5.79. The monoisotopic (exact) mass is 420 g/mol. The molecule has 3 nitrogen and oxygen atoms in total. The number of amides is 1. The summed E-state index contributed by atoms with van der Waals surface area (Å²) < 4.78 is 1.10. The quantitative estimate of drug-likeness (QED) is 0.707. The van der Waals surface area contributed by atoms with Gasteiger partial charge in [-0.1, -0.05) is 35.3 Å². The van der Waals surface area contributed by atoms with Crippen molar-refractivity contribution < 1.29 is 4.79 Å². The minimum Gasteiger partial charge on any atom is -0.376 e. The van der Waals surface area contributed by atoms with Crippen molar-refractivity contribution in [1.29, 1.82) is 0 Å². The van der Waals surface area contributed by atoms with Gasteiger partial charge in [-0.05, 0) is 52.9 Å². The van der Waals surface area contributed by atoms with Gasteiger partial charge >= 0.3 is 0 Å². The minimum absolute atomic E-state index is 0.141. The molecular formula is C14H11Cl2IN2O. The van der Waals surface area contributed by atoms with Crippen molar-refractivity contribution in [3.63, 3.8) is 0 Å². The third kappa shape index (κ3) is 4.26. The summed E-state index contributed by atoms with van der Waals surface area (Å²) in [6.45, 7) is 0.141. The lowest BCUT2D eigenvalue weighted by Gasteiger charge is -2.10. The van der Waals surface area contributed by atoms with Gasteiger partial charge in [-0.2, -0.15) is 0 Å². The maximum atomic E-state index is 11.9. The summed E-state index contributed by atoms with van der Waals surface area (Å²) in [5.41, 5.74) is 1.32. The molecule has 0 radical (unpaired) electrons. The van der Waals surface area contributed by atoms with Crippen molar-refractivity contribution in [2.24, 2.45) is 0 Å². The maximum Gasteiger partial charge on any atom is 0.243 e. The molecule has 104 valence electrons. The van der Waals surface area contributed by atoms with Crippen molar-refractivity contribution in [3.8, 4) is 0 Å². The van der Waals surface area contributed by atoms with Crippen molar-refractivity contribution in [3.05, 3.63) is 56.1 Å². The second-order valence-corrected chi connectivity index (χ2v) is 6.07. The summed E-state index contributed by atoms with van der Waals surface area (Å²) in [6.07, 6.45) is 0. The van der Waals surface area contributed by atoms with Crippen LogP contribution in [0.4, 0.5) is 11.4 Å². The Labute approximate surface area is 140 Å². The molecule has 0 aliphatic rings. The molecule has 6 heteroatoms. The van der Waals surface area contributed by atoms with Gasteiger partial charge in [0, 0.05) is 9.26 Å². The van der Waals surface area contributed by atoms with Crippen molar-refractivity contribution in [2.75, 3.05) is 17.2 Å². The van der Waals surface area contributed by atoms with E-state index in [1.807, 2.05) is 24.3 Å². The number of para-hydroxylation sites is 1. The molecule has 0 atom stereocenters. The van der Waals surface area contributed by atoms with Crippen LogP contribution in [0.2, 0.25) is 10.0 Å². The summed E-state index contributed by atoms with van der Waals surface area (Å²) >= 11 is 14.2. The zero-order chi connectivity index (χ0) is 14.5. The van der Waals surface area contributed by atoms with E-state index in [-0.39, 0.29) is 12.5 Å². The maximum absolute atomic E-state index is 11.9. The van der Waals surface area contributed by atoms with Gasteiger partial charge in [-0.3, -0.25) is 4.79 Å². The number of hydrogen-bond acceptors (Lipinski definition) is 2. The van der Waals surface area contributed by atoms with E-state index < -0.39 is 0 Å². The Morgan fingerprint density at radius 2 is 1.75 bits per heavy atom. The average Bonchev–Trinajstić information content (AvgIpc) is 2.41. The Morgan fingerprint density at radius 3 is 2.40 bits per heavy atom. The van der Waals surface area contributed by atoms with E-state index >= 15 is 0 Å². The summed E-state index contributed by atoms with van der Waals surface area (Å²) in [7, 11) is 0. The topological polar surface area (TPSA) is 41.1 Å². The molecule has 0 fully saturated rings. The highest BCUT2D eigenvalue weighted by Crippen LogP contribution is 2.29. The average molecular weight is 421 g/mol. The molecule has 0 aliphatic carbocycles. The fraction of sp³-hybridized carbons (Fsp3) is 0.0714. The van der Waals surface area contributed by atoms with E-state index in [4.69, 9.17) is 23.2 Å². The summed E-state index contributed by atoms with van der Waals surface area (Å²) in [5.74, 6) is -0.209. The molecular weight excluding hydrogens is 410 g/mol. The highest BCUT2D eigenvalue weighted by Gasteiger charge is 2.09. The fourth-order valence-electron chi connectivity index (χ4n) is 1.58. The largest absolute Gasteiger partial charge is 0.376 e. The highest BCUT2D eigenvalue weighted by molar-refractivity contribution is 14.1. The van der Waals surface area contributed by atoms with Crippen LogP contribution in [-0.2, 0) is 4.79 Å². The Kier molecular flexibility index (Phi) is 5.51. The predicted molar refractivity (Wildman–Crippen MR) is 92.7 cm³/mol. The number of nitrogens with one attached hydrogen (secondary N) is 2. The van der Waals surface area contributed by atoms with Gasteiger partial charge in [0.2, 0.25) is 5.91 Å². The third-order valence-corrected chi connectivity index (χ3v) is 3.81. The van der Waals surface area contributed by atoms with Crippen LogP contribution >= 0.6 is 45.8 Å². The van der Waals surface area contributed by atoms with Crippen LogP contribution in [0.1, 0.15) is 0 Å². The molecule has 0 bridgehead atoms. The summed E-state index contributed by atoms with van der Waals surface area (Å²) in [4.78, 5) is 11.9. The molecule has 20 heavy (non-hydrogen) atoms. The molecule has 2 aromatic rings. The van der Waals surface area contributed by atoms with E-state index in [2.05, 4.69) is 33.2 Å². The van der Waals surface area contributed by atoms with Crippen LogP contribution in [0.15, 0.2) is 42.5 Å². The van der Waals surface area contributed by atoms with Gasteiger partial charge in [-0.15, -0.1) is 0 Å². The molecule has 0 aromatic heterocycles. The Balaban J connectivity index is 1.96. The smallest absolute Gasteiger partial charge is 0.243 e. The summed E-state index contributed by atoms with van der Waals surface area (Å²) in [6, 6.07) is 12.8. The van der Waals surface area contributed by atoms with Gasteiger partial charge in [0.15, 0.2) is 0 Å². The molecule has 0 heterocycles. The second-order valence-electron chi connectivity index (χ2n) is 4.01. The van der Waals surface area contributed by atoms with E-state index in [9.17, 15) is 4.79 Å². The first-order chi connectivity index (χ1) is 9.56. The zero-order valence-corrected chi connectivity index (χ0v) is 14.0. The molecule has 1 amide bonds. The molecule has 0 unspecified atom stereocenters. The summed E-state index contributed by atoms with van der Waals surface area (Å²) in [5, 5.41) is 6.57. The first kappa shape index (κ1) is 15.4. The fourth-order valence-corrected chi connectivity index (χ4v) is 2.62. The Bertz CT molecular complexity index is 614. The predicted octanol–water partition coefficient (Wildman–Crippen LogP) is 4.65. The molecule has 2 rings (SSSR count). The standard InChI is InChI=1S/C14H11Cl2IN2O/c15-11-5-2-6-12(16)14(11)19-13(20)8-18-10-4-1-3-9(17)7-10/h1-7,18H,8H2,(H,19,20). The van der Waals surface area contributed by atoms with Crippen molar-refractivity contribution in [2.45, 2.75) is 0 Å². The minimum atomic E-state index is -0.209. The lowest BCUT2D eigenvalue weighted by Crippen LogP contribution is -2.22. The molecule has 0 saturated carbocycles. The molecule has 0 saturated heterocycles. The highest BCUT2D eigenvalue weighted by atomic mass is 127. The normalized spacial score (nSPS) is 10.2. The Hall–Kier alpha value is -0.980. The van der Waals surface area contributed by atoms with Gasteiger partial charge in [0.05, 0.1) is 22.3 Å². The number of carbonyl (C=O) groups excluding carboxylic acids is 1. The third-order valence-electron chi connectivity index (χ3n) is 2.50. The first-order valence-corrected chi connectivity index (χ1v) is 7.63. The van der Waals surface area contributed by atoms with E-state index in [0.717, 1.165) is 9.26 Å². The van der Waals surface area contributed by atoms with Crippen LogP contribution < -0.4 is 10.6 Å². The lowest BCUT2D eigenvalue weighted by atomic mass is 10.3.